The summed E-state index contributed by atoms with van der Waals surface area (Å²) in [7, 11) is 0. The van der Waals surface area contributed by atoms with Crippen LogP contribution >= 0.6 is 0 Å². The van der Waals surface area contributed by atoms with Gasteiger partial charge in [0.15, 0.2) is 11.8 Å². The Morgan fingerprint density at radius 3 is 2.75 bits per heavy atom. The molecule has 0 amide bonds. The number of hydrogen-bond acceptors (Lipinski definition) is 5. The lowest BCUT2D eigenvalue weighted by Gasteiger charge is -2.19. The van der Waals surface area contributed by atoms with Gasteiger partial charge in [0.05, 0.1) is 6.10 Å². The predicted octanol–water partition coefficient (Wildman–Crippen LogP) is 2.10. The summed E-state index contributed by atoms with van der Waals surface area (Å²) in [6.45, 7) is 2.10. The Balaban J connectivity index is 1.34. The van der Waals surface area contributed by atoms with Crippen molar-refractivity contribution in [1.82, 2.24) is 20.8 Å². The average molecular weight is 333 g/mol. The summed E-state index contributed by atoms with van der Waals surface area (Å²) in [6, 6.07) is 0.519. The highest BCUT2D eigenvalue weighted by Gasteiger charge is 2.28. The van der Waals surface area contributed by atoms with Crippen molar-refractivity contribution in [1.29, 1.82) is 0 Å². The highest BCUT2D eigenvalue weighted by atomic mass is 16.5. The van der Waals surface area contributed by atoms with Gasteiger partial charge in [0.25, 0.3) is 0 Å². The second-order valence-electron chi connectivity index (χ2n) is 7.13. The van der Waals surface area contributed by atoms with Gasteiger partial charge in [-0.1, -0.05) is 18.0 Å². The van der Waals surface area contributed by atoms with Crippen LogP contribution in [-0.2, 0) is 11.3 Å². The van der Waals surface area contributed by atoms with E-state index in [1.54, 1.807) is 0 Å². The van der Waals surface area contributed by atoms with E-state index in [0.29, 0.717) is 30.5 Å². The first-order chi connectivity index (χ1) is 11.9. The van der Waals surface area contributed by atoms with Crippen LogP contribution in [0.2, 0.25) is 0 Å². The molecule has 1 saturated heterocycles. The van der Waals surface area contributed by atoms with Crippen LogP contribution in [0, 0.1) is 0 Å². The molecule has 7 heteroatoms. The third-order valence-electron chi connectivity index (χ3n) is 5.02. The molecule has 2 aliphatic carbocycles. The van der Waals surface area contributed by atoms with Crippen molar-refractivity contribution in [2.75, 3.05) is 13.2 Å². The van der Waals surface area contributed by atoms with Gasteiger partial charge in [-0.05, 0) is 38.5 Å². The third kappa shape index (κ3) is 4.26. The molecule has 7 nitrogen and oxygen atoms in total. The van der Waals surface area contributed by atoms with Crippen molar-refractivity contribution in [2.45, 2.75) is 76.0 Å². The summed E-state index contributed by atoms with van der Waals surface area (Å²) in [5.41, 5.74) is 0. The topological polar surface area (TPSA) is 84.6 Å². The molecule has 24 heavy (non-hydrogen) atoms. The maximum Gasteiger partial charge on any atom is 0.248 e. The molecule has 2 saturated carbocycles. The minimum absolute atomic E-state index is 0.297. The van der Waals surface area contributed by atoms with E-state index < -0.39 is 0 Å². The maximum atomic E-state index is 5.69. The second-order valence-corrected chi connectivity index (χ2v) is 7.13. The number of hydrogen-bond donors (Lipinski definition) is 2. The molecule has 0 radical (unpaired) electrons. The van der Waals surface area contributed by atoms with Crippen LogP contribution in [0.3, 0.4) is 0 Å². The fourth-order valence-electron chi connectivity index (χ4n) is 3.42. The average Bonchev–Trinajstić information content (AvgIpc) is 3.04. The Labute approximate surface area is 142 Å². The molecular weight excluding hydrogens is 306 g/mol. The fraction of sp³-hybridized carbons (Fsp3) is 0.824. The lowest BCUT2D eigenvalue weighted by molar-refractivity contribution is 0.113. The Kier molecular flexibility index (Phi) is 4.96. The molecular formula is C17H27N5O2. The van der Waals surface area contributed by atoms with E-state index in [9.17, 15) is 0 Å². The maximum absolute atomic E-state index is 5.69. The van der Waals surface area contributed by atoms with Crippen LogP contribution in [0.1, 0.15) is 69.0 Å². The van der Waals surface area contributed by atoms with E-state index in [1.807, 2.05) is 0 Å². The minimum Gasteiger partial charge on any atom is -0.376 e. The molecule has 4 rings (SSSR count). The zero-order valence-electron chi connectivity index (χ0n) is 14.2. The molecule has 1 aromatic heterocycles. The molecule has 0 unspecified atom stereocenters. The first-order valence-corrected chi connectivity index (χ1v) is 9.36. The van der Waals surface area contributed by atoms with Crippen molar-refractivity contribution in [3.05, 3.63) is 11.7 Å². The van der Waals surface area contributed by atoms with Gasteiger partial charge in [0.1, 0.15) is 6.54 Å². The van der Waals surface area contributed by atoms with Gasteiger partial charge in [0, 0.05) is 25.1 Å². The van der Waals surface area contributed by atoms with Gasteiger partial charge in [0.2, 0.25) is 5.89 Å². The zero-order chi connectivity index (χ0) is 16.2. The number of guanidine groups is 1. The van der Waals surface area contributed by atoms with Crippen molar-refractivity contribution in [2.24, 2.45) is 4.99 Å². The van der Waals surface area contributed by atoms with Crippen LogP contribution in [0.4, 0.5) is 0 Å². The Morgan fingerprint density at radius 1 is 1.12 bits per heavy atom. The minimum atomic E-state index is 0.297. The standard InChI is InChI=1S/C17H27N5O2/c1-2-5-13(4-1)20-17(18-10-14-6-3-9-23-14)19-11-15-21-16(22-24-15)12-7-8-12/h12-14H,1-11H2,(H2,18,19,20)/t14-/m1/s1. The molecule has 2 heterocycles. The van der Waals surface area contributed by atoms with E-state index >= 15 is 0 Å². The molecule has 132 valence electrons. The summed E-state index contributed by atoms with van der Waals surface area (Å²) in [6.07, 6.45) is 9.96. The SMILES string of the molecule is C1CCC(NC(=NCc2nc(C3CC3)no2)NC[C@H]2CCCO2)C1. The van der Waals surface area contributed by atoms with Crippen LogP contribution < -0.4 is 10.6 Å². The summed E-state index contributed by atoms with van der Waals surface area (Å²) in [4.78, 5) is 9.10. The highest BCUT2D eigenvalue weighted by molar-refractivity contribution is 5.80. The Hall–Kier alpha value is -1.63. The number of aromatic nitrogens is 2. The summed E-state index contributed by atoms with van der Waals surface area (Å²) in [5, 5.41) is 11.0. The lowest BCUT2D eigenvalue weighted by atomic mass is 10.2. The molecule has 0 aromatic carbocycles. The van der Waals surface area contributed by atoms with Gasteiger partial charge < -0.3 is 19.9 Å². The van der Waals surface area contributed by atoms with Crippen LogP contribution in [0.15, 0.2) is 9.52 Å². The van der Waals surface area contributed by atoms with Crippen LogP contribution in [0.25, 0.3) is 0 Å². The first-order valence-electron chi connectivity index (χ1n) is 9.36. The first kappa shape index (κ1) is 15.9. The number of aliphatic imine (C=N–C) groups is 1. The number of nitrogens with one attached hydrogen (secondary N) is 2. The molecule has 3 fully saturated rings. The Bertz CT molecular complexity index is 557. The van der Waals surface area contributed by atoms with E-state index in [4.69, 9.17) is 9.26 Å². The second kappa shape index (κ2) is 7.51. The molecule has 1 atom stereocenters. The van der Waals surface area contributed by atoms with Gasteiger partial charge in [-0.15, -0.1) is 0 Å². The third-order valence-corrected chi connectivity index (χ3v) is 5.02. The van der Waals surface area contributed by atoms with Crippen LogP contribution in [0.5, 0.6) is 0 Å². The van der Waals surface area contributed by atoms with Crippen molar-refractivity contribution in [3.63, 3.8) is 0 Å². The van der Waals surface area contributed by atoms with E-state index in [2.05, 4.69) is 25.8 Å². The van der Waals surface area contributed by atoms with E-state index in [0.717, 1.165) is 37.8 Å². The smallest absolute Gasteiger partial charge is 0.248 e. The molecule has 3 aliphatic rings. The van der Waals surface area contributed by atoms with Crippen molar-refractivity contribution in [3.8, 4) is 0 Å². The largest absolute Gasteiger partial charge is 0.376 e. The zero-order valence-corrected chi connectivity index (χ0v) is 14.2. The summed E-state index contributed by atoms with van der Waals surface area (Å²) < 4.78 is 11.0. The lowest BCUT2D eigenvalue weighted by Crippen LogP contribution is -2.45. The van der Waals surface area contributed by atoms with E-state index in [-0.39, 0.29) is 0 Å². The fourth-order valence-corrected chi connectivity index (χ4v) is 3.42. The number of nitrogens with zero attached hydrogens (tertiary/aromatic N) is 3. The molecule has 0 spiro atoms. The van der Waals surface area contributed by atoms with Gasteiger partial charge >= 0.3 is 0 Å². The number of rotatable bonds is 6. The van der Waals surface area contributed by atoms with Gasteiger partial charge in [-0.2, -0.15) is 4.98 Å². The van der Waals surface area contributed by atoms with Gasteiger partial charge in [-0.25, -0.2) is 4.99 Å². The van der Waals surface area contributed by atoms with Crippen LogP contribution in [-0.4, -0.2) is 41.4 Å². The van der Waals surface area contributed by atoms with Crippen molar-refractivity contribution < 1.29 is 9.26 Å². The van der Waals surface area contributed by atoms with Gasteiger partial charge in [-0.3, -0.25) is 0 Å². The molecule has 0 bridgehead atoms. The summed E-state index contributed by atoms with van der Waals surface area (Å²) in [5.74, 6) is 2.79. The quantitative estimate of drug-likeness (QED) is 0.613. The molecule has 2 N–H and O–H groups in total. The Morgan fingerprint density at radius 2 is 2.00 bits per heavy atom. The number of ether oxygens (including phenoxy) is 1. The monoisotopic (exact) mass is 333 g/mol. The summed E-state index contributed by atoms with van der Waals surface area (Å²) >= 11 is 0. The van der Waals surface area contributed by atoms with E-state index in [1.165, 1.54) is 38.5 Å². The normalized spacial score (nSPS) is 25.3. The molecule has 1 aromatic rings. The molecule has 1 aliphatic heterocycles. The highest BCUT2D eigenvalue weighted by Crippen LogP contribution is 2.38. The predicted molar refractivity (Wildman–Crippen MR) is 89.8 cm³/mol. The van der Waals surface area contributed by atoms with Crippen molar-refractivity contribution >= 4 is 5.96 Å².